The molecule has 0 aliphatic carbocycles. The van der Waals surface area contributed by atoms with Crippen molar-refractivity contribution in [1.82, 2.24) is 5.32 Å². The second-order valence-electron chi connectivity index (χ2n) is 3.33. The van der Waals surface area contributed by atoms with Gasteiger partial charge >= 0.3 is 0 Å². The summed E-state index contributed by atoms with van der Waals surface area (Å²) in [6, 6.07) is 6.08. The van der Waals surface area contributed by atoms with Gasteiger partial charge in [-0.1, -0.05) is 22.5 Å². The minimum Gasteiger partial charge on any atom is -0.351 e. The summed E-state index contributed by atoms with van der Waals surface area (Å²) in [5.41, 5.74) is 0.0411. The van der Waals surface area contributed by atoms with Gasteiger partial charge in [0.1, 0.15) is 0 Å². The van der Waals surface area contributed by atoms with E-state index in [-0.39, 0.29) is 17.3 Å². The Bertz CT molecular complexity index is 462. The fourth-order valence-electron chi connectivity index (χ4n) is 1.06. The van der Waals surface area contributed by atoms with Gasteiger partial charge in [-0.25, -0.2) is 0 Å². The van der Waals surface area contributed by atoms with Gasteiger partial charge in [-0.15, -0.1) is 11.8 Å². The van der Waals surface area contributed by atoms with Gasteiger partial charge in [0.2, 0.25) is 5.91 Å². The number of rotatable bonds is 6. The third-order valence-corrected chi connectivity index (χ3v) is 3.19. The van der Waals surface area contributed by atoms with E-state index in [0.717, 1.165) is 4.90 Å². The van der Waals surface area contributed by atoms with Gasteiger partial charge in [-0.2, -0.15) is 0 Å². The van der Waals surface area contributed by atoms with Crippen LogP contribution >= 0.6 is 27.7 Å². The van der Waals surface area contributed by atoms with Gasteiger partial charge in [0.05, 0.1) is 10.7 Å². The molecule has 7 heteroatoms. The molecule has 1 amide bonds. The number of nitro benzene ring substituents is 1. The van der Waals surface area contributed by atoms with Crippen molar-refractivity contribution in [3.63, 3.8) is 0 Å². The summed E-state index contributed by atoms with van der Waals surface area (Å²) >= 11 is 4.46. The summed E-state index contributed by atoms with van der Waals surface area (Å²) < 4.78 is 0.705. The topological polar surface area (TPSA) is 72.2 Å². The molecule has 1 N–H and O–H groups in total. The van der Waals surface area contributed by atoms with E-state index in [1.807, 2.05) is 0 Å². The van der Waals surface area contributed by atoms with E-state index in [4.69, 9.17) is 0 Å². The first kappa shape index (κ1) is 14.7. The van der Waals surface area contributed by atoms with Crippen LogP contribution in [0, 0.1) is 10.1 Å². The number of benzene rings is 1. The van der Waals surface area contributed by atoms with Gasteiger partial charge < -0.3 is 5.32 Å². The molecule has 18 heavy (non-hydrogen) atoms. The minimum atomic E-state index is -0.456. The predicted molar refractivity (Wildman–Crippen MR) is 74.9 cm³/mol. The molecule has 1 aromatic rings. The van der Waals surface area contributed by atoms with Crippen LogP contribution in [0.5, 0.6) is 0 Å². The lowest BCUT2D eigenvalue weighted by Crippen LogP contribution is -2.26. The summed E-state index contributed by atoms with van der Waals surface area (Å²) in [6.07, 6.45) is 0. The lowest BCUT2D eigenvalue weighted by Gasteiger charge is -2.03. The Labute approximate surface area is 117 Å². The average molecular weight is 331 g/mol. The number of amides is 1. The molecular weight excluding hydrogens is 320 g/mol. The highest BCUT2D eigenvalue weighted by molar-refractivity contribution is 9.11. The molecule has 1 aromatic carbocycles. The van der Waals surface area contributed by atoms with Crippen LogP contribution in [0.4, 0.5) is 5.69 Å². The Morgan fingerprint density at radius 2 is 2.06 bits per heavy atom. The van der Waals surface area contributed by atoms with Crippen molar-refractivity contribution in [1.29, 1.82) is 0 Å². The molecule has 0 spiro atoms. The second kappa shape index (κ2) is 7.17. The van der Waals surface area contributed by atoms with E-state index >= 15 is 0 Å². The summed E-state index contributed by atoms with van der Waals surface area (Å²) in [4.78, 5) is 22.2. The summed E-state index contributed by atoms with van der Waals surface area (Å²) in [5.74, 6) is 0.150. The normalized spacial score (nSPS) is 9.83. The van der Waals surface area contributed by atoms with E-state index in [1.54, 1.807) is 12.1 Å². The average Bonchev–Trinajstić information content (AvgIpc) is 2.34. The van der Waals surface area contributed by atoms with Crippen molar-refractivity contribution in [2.75, 3.05) is 12.3 Å². The Morgan fingerprint density at radius 1 is 1.44 bits per heavy atom. The highest BCUT2D eigenvalue weighted by atomic mass is 79.9. The Kier molecular flexibility index (Phi) is 5.87. The van der Waals surface area contributed by atoms with Crippen molar-refractivity contribution in [3.8, 4) is 0 Å². The van der Waals surface area contributed by atoms with Crippen LogP contribution in [0.3, 0.4) is 0 Å². The Hall–Kier alpha value is -1.34. The zero-order valence-corrected chi connectivity index (χ0v) is 11.8. The van der Waals surface area contributed by atoms with Crippen LogP contribution in [-0.4, -0.2) is 23.1 Å². The van der Waals surface area contributed by atoms with Crippen LogP contribution in [-0.2, 0) is 4.79 Å². The van der Waals surface area contributed by atoms with E-state index in [0.29, 0.717) is 11.0 Å². The number of nitrogens with zero attached hydrogens (tertiary/aromatic N) is 1. The Morgan fingerprint density at radius 3 is 2.56 bits per heavy atom. The number of thioether (sulfide) groups is 1. The van der Waals surface area contributed by atoms with Crippen molar-refractivity contribution in [3.05, 3.63) is 45.4 Å². The van der Waals surface area contributed by atoms with Crippen LogP contribution in [0.2, 0.25) is 0 Å². The molecule has 0 atom stereocenters. The fraction of sp³-hybridized carbons (Fsp3) is 0.182. The van der Waals surface area contributed by atoms with Crippen LogP contribution in [0.25, 0.3) is 0 Å². The number of non-ortho nitro benzene ring substituents is 1. The highest BCUT2D eigenvalue weighted by Gasteiger charge is 2.06. The molecule has 0 saturated carbocycles. The highest BCUT2D eigenvalue weighted by Crippen LogP contribution is 2.20. The summed E-state index contributed by atoms with van der Waals surface area (Å²) in [5, 5.41) is 13.1. The molecular formula is C11H11BrN2O3S. The molecule has 0 saturated heterocycles. The van der Waals surface area contributed by atoms with Gasteiger partial charge in [0, 0.05) is 28.1 Å². The van der Waals surface area contributed by atoms with Crippen LogP contribution in [0.1, 0.15) is 0 Å². The van der Waals surface area contributed by atoms with Crippen molar-refractivity contribution < 1.29 is 9.72 Å². The van der Waals surface area contributed by atoms with Crippen LogP contribution in [0.15, 0.2) is 40.2 Å². The summed E-state index contributed by atoms with van der Waals surface area (Å²) in [6.45, 7) is 3.99. The molecule has 0 bridgehead atoms. The first-order valence-electron chi connectivity index (χ1n) is 4.96. The number of nitro groups is 1. The van der Waals surface area contributed by atoms with Crippen molar-refractivity contribution in [2.24, 2.45) is 0 Å². The number of hydrogen-bond acceptors (Lipinski definition) is 4. The standard InChI is InChI=1S/C11H11BrN2O3S/c1-8(12)6-13-11(15)7-18-10-4-2-9(3-5-10)14(16)17/h2-5H,1,6-7H2,(H,13,15). The first-order chi connectivity index (χ1) is 8.49. The number of halogens is 1. The van der Waals surface area contributed by atoms with E-state index < -0.39 is 4.92 Å². The van der Waals surface area contributed by atoms with Crippen molar-refractivity contribution >= 4 is 39.3 Å². The molecule has 0 heterocycles. The molecule has 0 radical (unpaired) electrons. The molecule has 0 aromatic heterocycles. The maximum atomic E-state index is 11.4. The second-order valence-corrected chi connectivity index (χ2v) is 5.50. The zero-order valence-electron chi connectivity index (χ0n) is 9.39. The fourth-order valence-corrected chi connectivity index (χ4v) is 1.93. The van der Waals surface area contributed by atoms with Gasteiger partial charge in [0.15, 0.2) is 0 Å². The molecule has 0 unspecified atom stereocenters. The molecule has 5 nitrogen and oxygen atoms in total. The monoisotopic (exact) mass is 330 g/mol. The van der Waals surface area contributed by atoms with Crippen molar-refractivity contribution in [2.45, 2.75) is 4.90 Å². The third kappa shape index (κ3) is 5.33. The van der Waals surface area contributed by atoms with E-state index in [9.17, 15) is 14.9 Å². The van der Waals surface area contributed by atoms with Gasteiger partial charge in [-0.3, -0.25) is 14.9 Å². The number of hydrogen-bond donors (Lipinski definition) is 1. The first-order valence-corrected chi connectivity index (χ1v) is 6.74. The predicted octanol–water partition coefficient (Wildman–Crippen LogP) is 2.71. The number of carbonyl (C=O) groups excluding carboxylic acids is 1. The molecule has 1 rings (SSSR count). The van der Waals surface area contributed by atoms with Crippen LogP contribution < -0.4 is 5.32 Å². The molecule has 0 fully saturated rings. The Balaban J connectivity index is 2.41. The van der Waals surface area contributed by atoms with Gasteiger partial charge in [-0.05, 0) is 12.1 Å². The lowest BCUT2D eigenvalue weighted by atomic mass is 10.3. The molecule has 96 valence electrons. The smallest absolute Gasteiger partial charge is 0.269 e. The molecule has 0 aliphatic heterocycles. The lowest BCUT2D eigenvalue weighted by molar-refractivity contribution is -0.384. The quantitative estimate of drug-likeness (QED) is 0.494. The largest absolute Gasteiger partial charge is 0.351 e. The van der Waals surface area contributed by atoms with E-state index in [1.165, 1.54) is 23.9 Å². The zero-order chi connectivity index (χ0) is 13.5. The number of nitrogens with one attached hydrogen (secondary N) is 1. The minimum absolute atomic E-state index is 0.0411. The third-order valence-electron chi connectivity index (χ3n) is 1.89. The van der Waals surface area contributed by atoms with Gasteiger partial charge in [0.25, 0.3) is 5.69 Å². The molecule has 0 aliphatic rings. The maximum Gasteiger partial charge on any atom is 0.269 e. The summed E-state index contributed by atoms with van der Waals surface area (Å²) in [7, 11) is 0. The van der Waals surface area contributed by atoms with E-state index in [2.05, 4.69) is 27.8 Å². The maximum absolute atomic E-state index is 11.4. The number of carbonyl (C=O) groups is 1. The SMILES string of the molecule is C=C(Br)CNC(=O)CSc1ccc([N+](=O)[O-])cc1.